The number of carbonyl (C=O) groups is 4. The van der Waals surface area contributed by atoms with E-state index in [1.54, 1.807) is 24.3 Å². The van der Waals surface area contributed by atoms with Crippen LogP contribution in [-0.2, 0) is 19.0 Å². The summed E-state index contributed by atoms with van der Waals surface area (Å²) in [5.74, 6) is 0.132. The van der Waals surface area contributed by atoms with Gasteiger partial charge in [-0.1, -0.05) is 33.8 Å². The van der Waals surface area contributed by atoms with Crippen LogP contribution in [0.3, 0.4) is 0 Å². The summed E-state index contributed by atoms with van der Waals surface area (Å²) in [5.41, 5.74) is 0.854. The van der Waals surface area contributed by atoms with Gasteiger partial charge in [-0.3, -0.25) is 0 Å². The third-order valence-corrected chi connectivity index (χ3v) is 6.70. The molecule has 0 bridgehead atoms. The van der Waals surface area contributed by atoms with E-state index in [2.05, 4.69) is 27.4 Å². The Morgan fingerprint density at radius 1 is 0.825 bits per heavy atom. The van der Waals surface area contributed by atoms with Crippen molar-refractivity contribution in [1.82, 2.24) is 0 Å². The fraction of sp³-hybridized carbons (Fsp3) is 0.419. The summed E-state index contributed by atoms with van der Waals surface area (Å²) in [6, 6.07) is 11.9. The molecule has 3 rings (SSSR count). The second kappa shape index (κ2) is 14.3. The highest BCUT2D eigenvalue weighted by Crippen LogP contribution is 2.35. The fourth-order valence-corrected chi connectivity index (χ4v) is 4.45. The maximum absolute atomic E-state index is 12.8. The molecule has 1 aliphatic carbocycles. The normalized spacial score (nSPS) is 18.4. The van der Waals surface area contributed by atoms with E-state index in [1.807, 2.05) is 0 Å². The number of esters is 3. The van der Waals surface area contributed by atoms with Crippen LogP contribution in [0.5, 0.6) is 11.5 Å². The van der Waals surface area contributed by atoms with Gasteiger partial charge in [-0.2, -0.15) is 0 Å². The molecule has 0 saturated heterocycles. The Balaban J connectivity index is 1.47. The van der Waals surface area contributed by atoms with Gasteiger partial charge < -0.3 is 23.7 Å². The molecule has 214 valence electrons. The van der Waals surface area contributed by atoms with Crippen molar-refractivity contribution in [3.8, 4) is 11.5 Å². The number of ether oxygens (including phenoxy) is 5. The minimum absolute atomic E-state index is 0.103. The summed E-state index contributed by atoms with van der Waals surface area (Å²) < 4.78 is 25.9. The maximum Gasteiger partial charge on any atom is 0.513 e. The first kappa shape index (κ1) is 30.4. The Hall–Kier alpha value is -4.14. The molecular formula is C31H36O9. The van der Waals surface area contributed by atoms with Gasteiger partial charge in [-0.05, 0) is 86.1 Å². The van der Waals surface area contributed by atoms with Gasteiger partial charge in [0, 0.05) is 5.57 Å². The molecule has 1 aliphatic rings. The molecule has 0 heterocycles. The van der Waals surface area contributed by atoms with Crippen molar-refractivity contribution < 1.29 is 42.9 Å². The first-order valence-corrected chi connectivity index (χ1v) is 13.3. The second-order valence-electron chi connectivity index (χ2n) is 10.3. The zero-order valence-corrected chi connectivity index (χ0v) is 23.3. The van der Waals surface area contributed by atoms with Crippen molar-refractivity contribution in [2.24, 2.45) is 17.8 Å². The van der Waals surface area contributed by atoms with E-state index in [-0.39, 0.29) is 47.9 Å². The number of carbonyl (C=O) groups excluding carboxylic acids is 4. The van der Waals surface area contributed by atoms with Crippen LogP contribution in [0.2, 0.25) is 0 Å². The lowest BCUT2D eigenvalue weighted by atomic mass is 9.75. The highest BCUT2D eigenvalue weighted by Gasteiger charge is 2.33. The van der Waals surface area contributed by atoms with E-state index >= 15 is 0 Å². The molecule has 0 spiro atoms. The monoisotopic (exact) mass is 552 g/mol. The zero-order chi connectivity index (χ0) is 29.2. The number of rotatable bonds is 10. The van der Waals surface area contributed by atoms with Gasteiger partial charge in [0.1, 0.15) is 30.8 Å². The Morgan fingerprint density at radius 2 is 1.38 bits per heavy atom. The molecule has 9 heteroatoms. The van der Waals surface area contributed by atoms with E-state index in [4.69, 9.17) is 23.7 Å². The van der Waals surface area contributed by atoms with Crippen molar-refractivity contribution in [1.29, 1.82) is 0 Å². The molecule has 0 aromatic heterocycles. The quantitative estimate of drug-likeness (QED) is 0.0854. The molecule has 0 amide bonds. The molecule has 1 saturated carbocycles. The lowest BCUT2D eigenvalue weighted by molar-refractivity contribution is -0.140. The molecule has 1 fully saturated rings. The van der Waals surface area contributed by atoms with Crippen LogP contribution in [-0.4, -0.2) is 43.4 Å². The van der Waals surface area contributed by atoms with E-state index < -0.39 is 18.1 Å². The molecule has 3 unspecified atom stereocenters. The summed E-state index contributed by atoms with van der Waals surface area (Å²) in [7, 11) is 0. The van der Waals surface area contributed by atoms with Gasteiger partial charge in [0.2, 0.25) is 0 Å². The molecule has 3 atom stereocenters. The van der Waals surface area contributed by atoms with Crippen molar-refractivity contribution in [3.05, 3.63) is 71.8 Å². The smallest absolute Gasteiger partial charge is 0.459 e. The van der Waals surface area contributed by atoms with Crippen LogP contribution in [0.1, 0.15) is 67.7 Å². The van der Waals surface area contributed by atoms with E-state index in [0.29, 0.717) is 23.3 Å². The molecule has 2 aromatic rings. The average molecular weight is 553 g/mol. The van der Waals surface area contributed by atoms with Gasteiger partial charge in [-0.15, -0.1) is 0 Å². The SMILES string of the molecule is C=C(C)C(=O)OCCOC(=O)Oc1ccc(C(=O)Oc2ccc(C(=O)OC3CC(C)CCC3C(C)C)cc2)cc1. The van der Waals surface area contributed by atoms with Crippen molar-refractivity contribution >= 4 is 24.1 Å². The third-order valence-electron chi connectivity index (χ3n) is 6.70. The predicted octanol–water partition coefficient (Wildman–Crippen LogP) is 6.16. The van der Waals surface area contributed by atoms with E-state index in [0.717, 1.165) is 19.3 Å². The van der Waals surface area contributed by atoms with Crippen LogP contribution in [0.25, 0.3) is 0 Å². The van der Waals surface area contributed by atoms with E-state index in [9.17, 15) is 19.2 Å². The highest BCUT2D eigenvalue weighted by molar-refractivity contribution is 5.92. The van der Waals surface area contributed by atoms with Gasteiger partial charge >= 0.3 is 24.1 Å². The van der Waals surface area contributed by atoms with Gasteiger partial charge in [-0.25, -0.2) is 19.2 Å². The molecule has 40 heavy (non-hydrogen) atoms. The third kappa shape index (κ3) is 8.97. The summed E-state index contributed by atoms with van der Waals surface area (Å²) in [4.78, 5) is 48.4. The van der Waals surface area contributed by atoms with Gasteiger partial charge in [0.15, 0.2) is 0 Å². The number of benzene rings is 2. The summed E-state index contributed by atoms with van der Waals surface area (Å²) in [5, 5.41) is 0. The second-order valence-corrected chi connectivity index (χ2v) is 10.3. The topological polar surface area (TPSA) is 114 Å². The minimum Gasteiger partial charge on any atom is -0.459 e. The van der Waals surface area contributed by atoms with Crippen LogP contribution in [0, 0.1) is 17.8 Å². The first-order valence-electron chi connectivity index (χ1n) is 13.3. The van der Waals surface area contributed by atoms with Crippen LogP contribution < -0.4 is 9.47 Å². The van der Waals surface area contributed by atoms with E-state index in [1.165, 1.54) is 31.2 Å². The summed E-state index contributed by atoms with van der Waals surface area (Å²) in [6.45, 7) is 11.1. The minimum atomic E-state index is -0.988. The van der Waals surface area contributed by atoms with Crippen molar-refractivity contribution in [3.63, 3.8) is 0 Å². The van der Waals surface area contributed by atoms with Gasteiger partial charge in [0.05, 0.1) is 11.1 Å². The largest absolute Gasteiger partial charge is 0.513 e. The number of hydrogen-bond donors (Lipinski definition) is 0. The maximum atomic E-state index is 12.8. The van der Waals surface area contributed by atoms with Crippen LogP contribution in [0.15, 0.2) is 60.7 Å². The Kier molecular flexibility index (Phi) is 10.9. The lowest BCUT2D eigenvalue weighted by Gasteiger charge is -2.36. The molecule has 2 aromatic carbocycles. The molecule has 0 N–H and O–H groups in total. The fourth-order valence-electron chi connectivity index (χ4n) is 4.45. The predicted molar refractivity (Wildman–Crippen MR) is 146 cm³/mol. The Morgan fingerprint density at radius 3 is 1.95 bits per heavy atom. The van der Waals surface area contributed by atoms with Crippen LogP contribution in [0.4, 0.5) is 4.79 Å². The highest BCUT2D eigenvalue weighted by atomic mass is 16.7. The molecular weight excluding hydrogens is 516 g/mol. The summed E-state index contributed by atoms with van der Waals surface area (Å²) >= 11 is 0. The van der Waals surface area contributed by atoms with Crippen molar-refractivity contribution in [2.75, 3.05) is 13.2 Å². The summed E-state index contributed by atoms with van der Waals surface area (Å²) in [6.07, 6.45) is 1.97. The van der Waals surface area contributed by atoms with Gasteiger partial charge in [0.25, 0.3) is 0 Å². The first-order chi connectivity index (χ1) is 19.0. The standard InChI is InChI=1S/C31H36O9/c1-19(2)26-15-6-21(5)18-27(26)40-30(34)23-7-11-24(12-8-23)38-29(33)22-9-13-25(14-10-22)39-31(35)37-17-16-36-28(32)20(3)4/h7-14,19,21,26-27H,3,6,15-18H2,1-2,4-5H3. The lowest BCUT2D eigenvalue weighted by Crippen LogP contribution is -2.35. The Bertz CT molecular complexity index is 1200. The molecule has 0 radical (unpaired) electrons. The zero-order valence-electron chi connectivity index (χ0n) is 23.3. The number of hydrogen-bond acceptors (Lipinski definition) is 9. The average Bonchev–Trinajstić information content (AvgIpc) is 2.91. The molecule has 9 nitrogen and oxygen atoms in total. The van der Waals surface area contributed by atoms with Crippen molar-refractivity contribution in [2.45, 2.75) is 53.1 Å². The molecule has 0 aliphatic heterocycles. The Labute approximate surface area is 234 Å². The van der Waals surface area contributed by atoms with Crippen LogP contribution >= 0.6 is 0 Å².